The molecular formula is C14H16N4O2S. The number of imide groups is 1. The first-order valence-electron chi connectivity index (χ1n) is 6.62. The maximum Gasteiger partial charge on any atom is 0.325 e. The molecule has 2 atom stereocenters. The highest BCUT2D eigenvalue weighted by Crippen LogP contribution is 2.28. The molecule has 3 rings (SSSR count). The van der Waals surface area contributed by atoms with Crippen LogP contribution in [0.1, 0.15) is 5.56 Å². The van der Waals surface area contributed by atoms with Gasteiger partial charge in [0.15, 0.2) is 17.4 Å². The van der Waals surface area contributed by atoms with Gasteiger partial charge in [-0.15, -0.1) is 0 Å². The molecule has 2 aliphatic rings. The number of aliphatic imine (C=N–C) groups is 1. The fraction of sp³-hybridized carbons (Fsp3) is 0.357. The highest BCUT2D eigenvalue weighted by molar-refractivity contribution is 8.13. The Hall–Kier alpha value is -2.02. The first-order valence-corrected chi connectivity index (χ1v) is 7.84. The molecule has 2 heterocycles. The highest BCUT2D eigenvalue weighted by Gasteiger charge is 2.48. The molecule has 1 aromatic carbocycles. The first-order chi connectivity index (χ1) is 10.1. The molecule has 0 bridgehead atoms. The minimum atomic E-state index is -0.463. The van der Waals surface area contributed by atoms with Gasteiger partial charge >= 0.3 is 6.03 Å². The summed E-state index contributed by atoms with van der Waals surface area (Å²) in [7, 11) is 1.66. The predicted octanol–water partition coefficient (Wildman–Crippen LogP) is 1.10. The maximum atomic E-state index is 12.2. The van der Waals surface area contributed by atoms with Crippen LogP contribution in [0.4, 0.5) is 4.79 Å². The second kappa shape index (κ2) is 5.40. The van der Waals surface area contributed by atoms with Gasteiger partial charge in [0.05, 0.1) is 0 Å². The average molecular weight is 304 g/mol. The van der Waals surface area contributed by atoms with E-state index in [-0.39, 0.29) is 5.91 Å². The zero-order valence-corrected chi connectivity index (χ0v) is 12.6. The summed E-state index contributed by atoms with van der Waals surface area (Å²) in [5.41, 5.74) is 1.10. The summed E-state index contributed by atoms with van der Waals surface area (Å²) in [5.74, 6) is -0.285. The number of carbonyl (C=O) groups excluding carboxylic acids is 2. The van der Waals surface area contributed by atoms with Crippen molar-refractivity contribution in [3.05, 3.63) is 35.9 Å². The molecule has 1 N–H and O–H groups in total. The van der Waals surface area contributed by atoms with E-state index in [1.54, 1.807) is 7.05 Å². The van der Waals surface area contributed by atoms with Crippen molar-refractivity contribution in [1.29, 1.82) is 0 Å². The Labute approximate surface area is 127 Å². The minimum absolute atomic E-state index is 0.285. The van der Waals surface area contributed by atoms with E-state index in [9.17, 15) is 9.59 Å². The van der Waals surface area contributed by atoms with Crippen molar-refractivity contribution >= 4 is 28.9 Å². The molecule has 110 valence electrons. The summed E-state index contributed by atoms with van der Waals surface area (Å²) in [6, 6.07) is 9.06. The van der Waals surface area contributed by atoms with E-state index in [1.807, 2.05) is 41.5 Å². The number of amides is 3. The van der Waals surface area contributed by atoms with E-state index in [2.05, 4.69) is 10.3 Å². The molecule has 1 fully saturated rings. The van der Waals surface area contributed by atoms with Crippen LogP contribution in [0, 0.1) is 0 Å². The fourth-order valence-electron chi connectivity index (χ4n) is 2.62. The van der Waals surface area contributed by atoms with E-state index in [0.29, 0.717) is 6.54 Å². The van der Waals surface area contributed by atoms with Gasteiger partial charge in [-0.2, -0.15) is 0 Å². The molecule has 1 saturated heterocycles. The van der Waals surface area contributed by atoms with Crippen LogP contribution in [0.5, 0.6) is 0 Å². The van der Waals surface area contributed by atoms with Crippen molar-refractivity contribution in [1.82, 2.24) is 15.1 Å². The summed E-state index contributed by atoms with van der Waals surface area (Å²) >= 11 is 1.49. The molecule has 21 heavy (non-hydrogen) atoms. The number of hydrogen-bond acceptors (Lipinski definition) is 5. The van der Waals surface area contributed by atoms with Crippen molar-refractivity contribution in [2.45, 2.75) is 18.8 Å². The zero-order chi connectivity index (χ0) is 15.0. The SMILES string of the molecule is CSC1=NC2C(C(=O)NC(=O)N2C)N1Cc1ccccc1. The second-order valence-corrected chi connectivity index (χ2v) is 5.77. The Bertz CT molecular complexity index is 604. The number of nitrogens with zero attached hydrogens (tertiary/aromatic N) is 3. The van der Waals surface area contributed by atoms with Gasteiger partial charge in [-0.3, -0.25) is 10.1 Å². The van der Waals surface area contributed by atoms with Gasteiger partial charge < -0.3 is 9.80 Å². The van der Waals surface area contributed by atoms with Gasteiger partial charge in [-0.1, -0.05) is 42.1 Å². The number of urea groups is 1. The first kappa shape index (κ1) is 13.9. The van der Waals surface area contributed by atoms with Gasteiger partial charge in [0.2, 0.25) is 0 Å². The van der Waals surface area contributed by atoms with E-state index in [1.165, 1.54) is 16.7 Å². The number of amidine groups is 1. The molecule has 0 spiro atoms. The minimum Gasteiger partial charge on any atom is -0.331 e. The molecule has 0 radical (unpaired) electrons. The molecule has 2 aliphatic heterocycles. The number of hydrogen-bond donors (Lipinski definition) is 1. The monoisotopic (exact) mass is 304 g/mol. The van der Waals surface area contributed by atoms with Gasteiger partial charge in [0.25, 0.3) is 5.91 Å². The molecule has 3 amide bonds. The third kappa shape index (κ3) is 2.37. The molecule has 1 aromatic rings. The summed E-state index contributed by atoms with van der Waals surface area (Å²) < 4.78 is 0. The Kier molecular flexibility index (Phi) is 3.59. The van der Waals surface area contributed by atoms with Crippen molar-refractivity contribution in [2.75, 3.05) is 13.3 Å². The van der Waals surface area contributed by atoms with E-state index >= 15 is 0 Å². The summed E-state index contributed by atoms with van der Waals surface area (Å²) in [5, 5.41) is 3.17. The average Bonchev–Trinajstić information content (AvgIpc) is 2.85. The lowest BCUT2D eigenvalue weighted by Gasteiger charge is -2.36. The Morgan fingerprint density at radius 1 is 1.29 bits per heavy atom. The lowest BCUT2D eigenvalue weighted by atomic mass is 10.1. The number of likely N-dealkylation sites (N-methyl/N-ethyl adjacent to an activating group) is 1. The van der Waals surface area contributed by atoms with Crippen LogP contribution in [0.15, 0.2) is 35.3 Å². The summed E-state index contributed by atoms with van der Waals surface area (Å²) in [4.78, 5) is 31.9. The van der Waals surface area contributed by atoms with Crippen molar-refractivity contribution in [3.63, 3.8) is 0 Å². The number of thioether (sulfide) groups is 1. The predicted molar refractivity (Wildman–Crippen MR) is 81.8 cm³/mol. The van der Waals surface area contributed by atoms with Gasteiger partial charge in [0.1, 0.15) is 0 Å². The van der Waals surface area contributed by atoms with Crippen LogP contribution in [0.2, 0.25) is 0 Å². The lowest BCUT2D eigenvalue weighted by molar-refractivity contribution is -0.127. The molecular weight excluding hydrogens is 288 g/mol. The number of nitrogens with one attached hydrogen (secondary N) is 1. The lowest BCUT2D eigenvalue weighted by Crippen LogP contribution is -2.63. The van der Waals surface area contributed by atoms with Crippen LogP contribution in [0.25, 0.3) is 0 Å². The Morgan fingerprint density at radius 2 is 2.00 bits per heavy atom. The van der Waals surface area contributed by atoms with Gasteiger partial charge in [-0.05, 0) is 11.8 Å². The Balaban J connectivity index is 1.91. The number of carbonyl (C=O) groups is 2. The molecule has 6 nitrogen and oxygen atoms in total. The van der Waals surface area contributed by atoms with E-state index < -0.39 is 18.2 Å². The van der Waals surface area contributed by atoms with Gasteiger partial charge in [-0.25, -0.2) is 9.79 Å². The van der Waals surface area contributed by atoms with Crippen LogP contribution >= 0.6 is 11.8 Å². The standard InChI is InChI=1S/C14H16N4O2S/c1-17-11-10(12(19)16-13(17)20)18(14(15-11)21-2)8-9-6-4-3-5-7-9/h3-7,10-11H,8H2,1-2H3,(H,16,19,20). The third-order valence-electron chi connectivity index (χ3n) is 3.70. The van der Waals surface area contributed by atoms with E-state index in [0.717, 1.165) is 10.7 Å². The molecule has 0 aromatic heterocycles. The van der Waals surface area contributed by atoms with Crippen molar-refractivity contribution < 1.29 is 9.59 Å². The topological polar surface area (TPSA) is 65.0 Å². The number of benzene rings is 1. The molecule has 2 unspecified atom stereocenters. The van der Waals surface area contributed by atoms with Crippen LogP contribution < -0.4 is 5.32 Å². The van der Waals surface area contributed by atoms with Crippen LogP contribution in [-0.2, 0) is 11.3 Å². The van der Waals surface area contributed by atoms with Gasteiger partial charge in [0, 0.05) is 13.6 Å². The fourth-order valence-corrected chi connectivity index (χ4v) is 3.24. The Morgan fingerprint density at radius 3 is 2.67 bits per heavy atom. The number of fused-ring (bicyclic) bond motifs is 1. The molecule has 0 aliphatic carbocycles. The normalized spacial score (nSPS) is 24.8. The summed E-state index contributed by atoms with van der Waals surface area (Å²) in [6.07, 6.45) is 1.48. The van der Waals surface area contributed by atoms with Crippen molar-refractivity contribution in [2.24, 2.45) is 4.99 Å². The number of rotatable bonds is 2. The maximum absolute atomic E-state index is 12.2. The quantitative estimate of drug-likeness (QED) is 0.888. The zero-order valence-electron chi connectivity index (χ0n) is 11.8. The molecule has 0 saturated carbocycles. The van der Waals surface area contributed by atoms with Crippen molar-refractivity contribution in [3.8, 4) is 0 Å². The summed E-state index contributed by atoms with van der Waals surface area (Å²) in [6.45, 7) is 0.594. The third-order valence-corrected chi connectivity index (χ3v) is 4.41. The smallest absolute Gasteiger partial charge is 0.325 e. The van der Waals surface area contributed by atoms with Crippen LogP contribution in [0.3, 0.4) is 0 Å². The second-order valence-electron chi connectivity index (χ2n) is 4.99. The van der Waals surface area contributed by atoms with Crippen LogP contribution in [-0.4, -0.2) is 52.4 Å². The van der Waals surface area contributed by atoms with E-state index in [4.69, 9.17) is 0 Å². The molecule has 7 heteroatoms. The largest absolute Gasteiger partial charge is 0.331 e. The highest BCUT2D eigenvalue weighted by atomic mass is 32.2.